The lowest BCUT2D eigenvalue weighted by molar-refractivity contribution is -0.384. The lowest BCUT2D eigenvalue weighted by atomic mass is 10.2. The van der Waals surface area contributed by atoms with Gasteiger partial charge in [0.25, 0.3) is 5.69 Å². The summed E-state index contributed by atoms with van der Waals surface area (Å²) < 4.78 is 38.4. The van der Waals surface area contributed by atoms with Crippen LogP contribution in [0.15, 0.2) is 52.7 Å². The Hall–Kier alpha value is -2.97. The van der Waals surface area contributed by atoms with E-state index in [1.54, 1.807) is 0 Å². The maximum absolute atomic E-state index is 12.8. The number of nitro groups is 1. The molecule has 0 atom stereocenters. The highest BCUT2D eigenvalue weighted by molar-refractivity contribution is 5.66. The zero-order valence-corrected chi connectivity index (χ0v) is 10.9. The second-order valence-corrected chi connectivity index (χ2v) is 4.22. The monoisotopic (exact) mass is 310 g/mol. The van der Waals surface area contributed by atoms with Crippen molar-refractivity contribution in [2.24, 2.45) is 10.2 Å². The van der Waals surface area contributed by atoms with Gasteiger partial charge < -0.3 is 5.73 Å². The number of hydrogen-bond acceptors (Lipinski definition) is 5. The number of hydrogen-bond donors (Lipinski definition) is 1. The van der Waals surface area contributed by atoms with E-state index in [0.29, 0.717) is 0 Å². The fourth-order valence-corrected chi connectivity index (χ4v) is 1.65. The molecule has 0 aliphatic heterocycles. The molecule has 0 bridgehead atoms. The summed E-state index contributed by atoms with van der Waals surface area (Å²) in [4.78, 5) is 9.93. The molecule has 114 valence electrons. The number of rotatable bonds is 3. The smallest absolute Gasteiger partial charge is 0.397 e. The van der Waals surface area contributed by atoms with Crippen molar-refractivity contribution in [1.82, 2.24) is 0 Å². The summed E-state index contributed by atoms with van der Waals surface area (Å²) in [6, 6.07) is 8.09. The van der Waals surface area contributed by atoms with Gasteiger partial charge in [-0.15, -0.1) is 10.2 Å². The van der Waals surface area contributed by atoms with Crippen molar-refractivity contribution in [1.29, 1.82) is 0 Å². The molecular formula is C13H9F3N4O2. The van der Waals surface area contributed by atoms with Gasteiger partial charge in [-0.05, 0) is 18.2 Å². The van der Waals surface area contributed by atoms with Crippen LogP contribution in [0.25, 0.3) is 0 Å². The molecule has 2 rings (SSSR count). The molecule has 22 heavy (non-hydrogen) atoms. The van der Waals surface area contributed by atoms with E-state index in [1.807, 2.05) is 0 Å². The number of non-ortho nitro benzene ring substituents is 1. The minimum atomic E-state index is -4.56. The van der Waals surface area contributed by atoms with Gasteiger partial charge in [-0.2, -0.15) is 13.2 Å². The second kappa shape index (κ2) is 5.80. The number of azo groups is 1. The van der Waals surface area contributed by atoms with E-state index in [2.05, 4.69) is 10.2 Å². The third-order valence-electron chi connectivity index (χ3n) is 2.70. The Morgan fingerprint density at radius 1 is 1.05 bits per heavy atom. The number of anilines is 1. The summed E-state index contributed by atoms with van der Waals surface area (Å²) in [5.74, 6) is 0. The van der Waals surface area contributed by atoms with Crippen LogP contribution in [0.2, 0.25) is 0 Å². The van der Waals surface area contributed by atoms with Gasteiger partial charge in [-0.1, -0.05) is 12.1 Å². The van der Waals surface area contributed by atoms with Crippen molar-refractivity contribution >= 4 is 22.7 Å². The number of nitrogens with two attached hydrogens (primary N) is 1. The number of nitro benzene ring substituents is 1. The van der Waals surface area contributed by atoms with E-state index < -0.39 is 16.7 Å². The summed E-state index contributed by atoms with van der Waals surface area (Å²) in [6.07, 6.45) is -4.56. The van der Waals surface area contributed by atoms with E-state index in [1.165, 1.54) is 18.2 Å². The predicted molar refractivity (Wildman–Crippen MR) is 73.1 cm³/mol. The van der Waals surface area contributed by atoms with Crippen molar-refractivity contribution in [3.8, 4) is 0 Å². The fraction of sp³-hybridized carbons (Fsp3) is 0.0769. The van der Waals surface area contributed by atoms with Gasteiger partial charge in [0, 0.05) is 12.1 Å². The molecule has 0 heterocycles. The molecule has 0 saturated carbocycles. The lowest BCUT2D eigenvalue weighted by Crippen LogP contribution is -2.04. The summed E-state index contributed by atoms with van der Waals surface area (Å²) in [5.41, 5.74) is 4.02. The first-order chi connectivity index (χ1) is 10.3. The lowest BCUT2D eigenvalue weighted by Gasteiger charge is -2.08. The maximum Gasteiger partial charge on any atom is 0.418 e. The number of nitrogens with zero attached hydrogens (tertiary/aromatic N) is 3. The van der Waals surface area contributed by atoms with Crippen LogP contribution in [0.1, 0.15) is 5.56 Å². The quantitative estimate of drug-likeness (QED) is 0.388. The zero-order chi connectivity index (χ0) is 16.3. The highest BCUT2D eigenvalue weighted by Gasteiger charge is 2.33. The molecule has 0 amide bonds. The van der Waals surface area contributed by atoms with Crippen LogP contribution in [0.4, 0.5) is 35.9 Å². The Balaban J connectivity index is 2.36. The predicted octanol–water partition coefficient (Wildman–Crippen LogP) is 4.61. The Morgan fingerprint density at radius 2 is 1.68 bits per heavy atom. The first-order valence-electron chi connectivity index (χ1n) is 5.91. The van der Waals surface area contributed by atoms with Gasteiger partial charge in [0.1, 0.15) is 5.69 Å². The largest absolute Gasteiger partial charge is 0.418 e. The first-order valence-corrected chi connectivity index (χ1v) is 5.91. The third-order valence-corrected chi connectivity index (χ3v) is 2.70. The second-order valence-electron chi connectivity index (χ2n) is 4.22. The molecule has 0 unspecified atom stereocenters. The fourth-order valence-electron chi connectivity index (χ4n) is 1.65. The van der Waals surface area contributed by atoms with Crippen LogP contribution < -0.4 is 5.73 Å². The Morgan fingerprint density at radius 3 is 2.27 bits per heavy atom. The molecule has 0 aromatic heterocycles. The topological polar surface area (TPSA) is 93.9 Å². The Kier molecular flexibility index (Phi) is 4.06. The van der Waals surface area contributed by atoms with Gasteiger partial charge in [0.05, 0.1) is 21.9 Å². The molecule has 2 aromatic rings. The van der Waals surface area contributed by atoms with Crippen molar-refractivity contribution in [2.45, 2.75) is 6.18 Å². The number of benzene rings is 2. The highest BCUT2D eigenvalue weighted by Crippen LogP contribution is 2.37. The molecule has 9 heteroatoms. The first kappa shape index (κ1) is 15.4. The third kappa shape index (κ3) is 3.37. The SMILES string of the molecule is Nc1cc([N+](=O)[O-])ccc1N=Nc1ccccc1C(F)(F)F. The average molecular weight is 310 g/mol. The van der Waals surface area contributed by atoms with Crippen LogP contribution in [-0.2, 0) is 6.18 Å². The molecule has 0 radical (unpaired) electrons. The van der Waals surface area contributed by atoms with E-state index in [-0.39, 0.29) is 22.7 Å². The Labute approximate surface area is 122 Å². The standard InChI is InChI=1S/C13H9F3N4O2/c14-13(15,16)9-3-1-2-4-11(9)18-19-12-6-5-8(20(21)22)7-10(12)17/h1-7H,17H2. The van der Waals surface area contributed by atoms with Gasteiger partial charge in [-0.25, -0.2) is 0 Å². The summed E-state index contributed by atoms with van der Waals surface area (Å²) in [6.45, 7) is 0. The minimum absolute atomic E-state index is 0.0441. The van der Waals surface area contributed by atoms with Crippen LogP contribution in [-0.4, -0.2) is 4.92 Å². The molecule has 0 aliphatic rings. The van der Waals surface area contributed by atoms with Crippen LogP contribution in [0.5, 0.6) is 0 Å². The minimum Gasteiger partial charge on any atom is -0.397 e. The van der Waals surface area contributed by atoms with Crippen molar-refractivity contribution in [3.05, 3.63) is 58.1 Å². The molecule has 2 N–H and O–H groups in total. The van der Waals surface area contributed by atoms with E-state index in [9.17, 15) is 23.3 Å². The van der Waals surface area contributed by atoms with Gasteiger partial charge in [-0.3, -0.25) is 10.1 Å². The molecule has 6 nitrogen and oxygen atoms in total. The zero-order valence-electron chi connectivity index (χ0n) is 10.9. The van der Waals surface area contributed by atoms with Gasteiger partial charge >= 0.3 is 6.18 Å². The average Bonchev–Trinajstić information content (AvgIpc) is 2.45. The summed E-state index contributed by atoms with van der Waals surface area (Å²) in [5, 5.41) is 17.7. The molecule has 0 aliphatic carbocycles. The van der Waals surface area contributed by atoms with Gasteiger partial charge in [0.15, 0.2) is 0 Å². The maximum atomic E-state index is 12.8. The Bertz CT molecular complexity index is 744. The number of alkyl halides is 3. The molecule has 2 aromatic carbocycles. The molecule has 0 saturated heterocycles. The van der Waals surface area contributed by atoms with Crippen LogP contribution in [0, 0.1) is 10.1 Å². The van der Waals surface area contributed by atoms with Gasteiger partial charge in [0.2, 0.25) is 0 Å². The van der Waals surface area contributed by atoms with Crippen LogP contribution >= 0.6 is 0 Å². The summed E-state index contributed by atoms with van der Waals surface area (Å²) >= 11 is 0. The number of halogens is 3. The van der Waals surface area contributed by atoms with Crippen molar-refractivity contribution < 1.29 is 18.1 Å². The normalized spacial score (nSPS) is 11.8. The number of nitrogen functional groups attached to an aromatic ring is 1. The van der Waals surface area contributed by atoms with Crippen molar-refractivity contribution in [3.63, 3.8) is 0 Å². The van der Waals surface area contributed by atoms with Crippen LogP contribution in [0.3, 0.4) is 0 Å². The van der Waals surface area contributed by atoms with E-state index >= 15 is 0 Å². The van der Waals surface area contributed by atoms with E-state index in [0.717, 1.165) is 24.3 Å². The molecule has 0 fully saturated rings. The van der Waals surface area contributed by atoms with Crippen molar-refractivity contribution in [2.75, 3.05) is 5.73 Å². The van der Waals surface area contributed by atoms with E-state index in [4.69, 9.17) is 5.73 Å². The molecular weight excluding hydrogens is 301 g/mol. The molecule has 0 spiro atoms. The highest BCUT2D eigenvalue weighted by atomic mass is 19.4. The summed E-state index contributed by atoms with van der Waals surface area (Å²) in [7, 11) is 0.